The number of ether oxygens (including phenoxy) is 2. The first kappa shape index (κ1) is 22.3. The second-order valence-electron chi connectivity index (χ2n) is 6.85. The Bertz CT molecular complexity index is 822. The number of nitrogens with zero attached hydrogens (tertiary/aromatic N) is 1. The smallest absolute Gasteiger partial charge is 0.261 e. The largest absolute Gasteiger partial charge is 0.493 e. The molecule has 29 heavy (non-hydrogen) atoms. The van der Waals surface area contributed by atoms with E-state index in [1.807, 2.05) is 50.2 Å². The fraction of sp³-hybridized carbons (Fsp3) is 0.391. The van der Waals surface area contributed by atoms with Crippen LogP contribution in [0.15, 0.2) is 48.5 Å². The lowest BCUT2D eigenvalue weighted by molar-refractivity contribution is -0.142. The predicted molar refractivity (Wildman–Crippen MR) is 113 cm³/mol. The van der Waals surface area contributed by atoms with Crippen LogP contribution in [0.25, 0.3) is 0 Å². The lowest BCUT2D eigenvalue weighted by atomic mass is 10.1. The molecule has 0 unspecified atom stereocenters. The molecule has 6 nitrogen and oxygen atoms in total. The van der Waals surface area contributed by atoms with Crippen molar-refractivity contribution in [3.05, 3.63) is 59.7 Å². The standard InChI is InChI=1S/C23H30N2O4/c1-5-14-24-23(27)18(3)25(15-19-11-7-6-10-17(19)2)22(26)16-29-21-13-9-8-12-20(21)28-4/h6-13,18H,5,14-16H2,1-4H3,(H,24,27)/t18-/m0/s1. The maximum Gasteiger partial charge on any atom is 0.261 e. The second kappa shape index (κ2) is 11.1. The van der Waals surface area contributed by atoms with Crippen molar-refractivity contribution in [2.75, 3.05) is 20.3 Å². The molecule has 2 aromatic rings. The quantitative estimate of drug-likeness (QED) is 0.667. The molecule has 0 radical (unpaired) electrons. The van der Waals surface area contributed by atoms with Crippen molar-refractivity contribution in [3.63, 3.8) is 0 Å². The highest BCUT2D eigenvalue weighted by Crippen LogP contribution is 2.26. The Morgan fingerprint density at radius 2 is 1.72 bits per heavy atom. The molecule has 0 aliphatic rings. The second-order valence-corrected chi connectivity index (χ2v) is 6.85. The van der Waals surface area contributed by atoms with Crippen LogP contribution in [0.4, 0.5) is 0 Å². The van der Waals surface area contributed by atoms with Crippen LogP contribution in [0.3, 0.4) is 0 Å². The zero-order valence-corrected chi connectivity index (χ0v) is 17.6. The molecule has 0 spiro atoms. The Morgan fingerprint density at radius 1 is 1.07 bits per heavy atom. The van der Waals surface area contributed by atoms with Crippen molar-refractivity contribution >= 4 is 11.8 Å². The summed E-state index contributed by atoms with van der Waals surface area (Å²) >= 11 is 0. The number of hydrogen-bond acceptors (Lipinski definition) is 4. The van der Waals surface area contributed by atoms with Crippen LogP contribution in [0.1, 0.15) is 31.4 Å². The molecule has 0 bridgehead atoms. The van der Waals surface area contributed by atoms with Gasteiger partial charge in [0.05, 0.1) is 7.11 Å². The fourth-order valence-corrected chi connectivity index (χ4v) is 2.91. The van der Waals surface area contributed by atoms with Crippen molar-refractivity contribution in [3.8, 4) is 11.5 Å². The van der Waals surface area contributed by atoms with E-state index in [0.29, 0.717) is 24.6 Å². The number of nitrogens with one attached hydrogen (secondary N) is 1. The molecule has 0 aliphatic carbocycles. The molecular weight excluding hydrogens is 368 g/mol. The normalized spacial score (nSPS) is 11.4. The zero-order valence-electron chi connectivity index (χ0n) is 17.6. The van der Waals surface area contributed by atoms with E-state index in [-0.39, 0.29) is 18.4 Å². The summed E-state index contributed by atoms with van der Waals surface area (Å²) in [4.78, 5) is 27.1. The van der Waals surface area contributed by atoms with Crippen molar-refractivity contribution in [2.24, 2.45) is 0 Å². The summed E-state index contributed by atoms with van der Waals surface area (Å²) in [5.74, 6) is 0.603. The number of amides is 2. The third-order valence-corrected chi connectivity index (χ3v) is 4.74. The average molecular weight is 399 g/mol. The summed E-state index contributed by atoms with van der Waals surface area (Å²) in [6.45, 7) is 6.45. The summed E-state index contributed by atoms with van der Waals surface area (Å²) in [6.07, 6.45) is 0.834. The summed E-state index contributed by atoms with van der Waals surface area (Å²) in [5, 5.41) is 2.87. The van der Waals surface area contributed by atoms with Crippen LogP contribution in [-0.2, 0) is 16.1 Å². The predicted octanol–water partition coefficient (Wildman–Crippen LogP) is 3.33. The van der Waals surface area contributed by atoms with E-state index in [1.54, 1.807) is 31.1 Å². The fourth-order valence-electron chi connectivity index (χ4n) is 2.91. The molecular formula is C23H30N2O4. The first-order chi connectivity index (χ1) is 14.0. The van der Waals surface area contributed by atoms with Crippen LogP contribution in [0, 0.1) is 6.92 Å². The lowest BCUT2D eigenvalue weighted by Crippen LogP contribution is -2.49. The third kappa shape index (κ3) is 6.24. The number of carbonyl (C=O) groups excluding carboxylic acids is 2. The van der Waals surface area contributed by atoms with Gasteiger partial charge in [-0.25, -0.2) is 0 Å². The summed E-state index contributed by atoms with van der Waals surface area (Å²) in [7, 11) is 1.55. The van der Waals surface area contributed by atoms with E-state index in [9.17, 15) is 9.59 Å². The average Bonchev–Trinajstić information content (AvgIpc) is 2.74. The van der Waals surface area contributed by atoms with Crippen molar-refractivity contribution in [1.29, 1.82) is 0 Å². The van der Waals surface area contributed by atoms with Crippen LogP contribution >= 0.6 is 0 Å². The molecule has 0 fully saturated rings. The number of para-hydroxylation sites is 2. The highest BCUT2D eigenvalue weighted by Gasteiger charge is 2.26. The summed E-state index contributed by atoms with van der Waals surface area (Å²) in [5.41, 5.74) is 2.06. The molecule has 0 aromatic heterocycles. The molecule has 1 atom stereocenters. The monoisotopic (exact) mass is 398 g/mol. The SMILES string of the molecule is CCCNC(=O)[C@H](C)N(Cc1ccccc1C)C(=O)COc1ccccc1OC. The molecule has 1 N–H and O–H groups in total. The van der Waals surface area contributed by atoms with E-state index in [2.05, 4.69) is 5.32 Å². The van der Waals surface area contributed by atoms with E-state index in [0.717, 1.165) is 17.5 Å². The molecule has 2 amide bonds. The maximum atomic E-state index is 13.0. The lowest BCUT2D eigenvalue weighted by Gasteiger charge is -2.29. The minimum absolute atomic E-state index is 0.175. The van der Waals surface area contributed by atoms with Crippen molar-refractivity contribution in [2.45, 2.75) is 39.8 Å². The molecule has 6 heteroatoms. The van der Waals surface area contributed by atoms with Gasteiger partial charge in [0.15, 0.2) is 18.1 Å². The van der Waals surface area contributed by atoms with Crippen molar-refractivity contribution < 1.29 is 19.1 Å². The number of aryl methyl sites for hydroxylation is 1. The van der Waals surface area contributed by atoms with E-state index < -0.39 is 6.04 Å². The van der Waals surface area contributed by atoms with Gasteiger partial charge in [-0.2, -0.15) is 0 Å². The summed E-state index contributed by atoms with van der Waals surface area (Å²) < 4.78 is 11.0. The minimum Gasteiger partial charge on any atom is -0.493 e. The van der Waals surface area contributed by atoms with Crippen molar-refractivity contribution in [1.82, 2.24) is 10.2 Å². The number of benzene rings is 2. The minimum atomic E-state index is -0.616. The molecule has 0 saturated carbocycles. The number of methoxy groups -OCH3 is 1. The first-order valence-electron chi connectivity index (χ1n) is 9.85. The van der Waals surface area contributed by atoms with Gasteiger partial charge < -0.3 is 19.7 Å². The van der Waals surface area contributed by atoms with E-state index >= 15 is 0 Å². The Labute approximate surface area is 172 Å². The van der Waals surface area contributed by atoms with Crippen LogP contribution < -0.4 is 14.8 Å². The van der Waals surface area contributed by atoms with Gasteiger partial charge in [0, 0.05) is 13.1 Å². The van der Waals surface area contributed by atoms with Gasteiger partial charge in [-0.15, -0.1) is 0 Å². The molecule has 0 heterocycles. The Morgan fingerprint density at radius 3 is 2.38 bits per heavy atom. The molecule has 156 valence electrons. The summed E-state index contributed by atoms with van der Waals surface area (Å²) in [6, 6.07) is 14.4. The number of hydrogen-bond donors (Lipinski definition) is 1. The van der Waals surface area contributed by atoms with Gasteiger partial charge in [0.2, 0.25) is 5.91 Å². The van der Waals surface area contributed by atoms with E-state index in [1.165, 1.54) is 0 Å². The highest BCUT2D eigenvalue weighted by atomic mass is 16.5. The molecule has 2 rings (SSSR count). The number of carbonyl (C=O) groups is 2. The Kier molecular flexibility index (Phi) is 8.52. The number of rotatable bonds is 10. The maximum absolute atomic E-state index is 13.0. The van der Waals surface area contributed by atoms with Crippen LogP contribution in [0.5, 0.6) is 11.5 Å². The molecule has 0 aliphatic heterocycles. The van der Waals surface area contributed by atoms with E-state index in [4.69, 9.17) is 9.47 Å². The third-order valence-electron chi connectivity index (χ3n) is 4.74. The molecule has 0 saturated heterocycles. The van der Waals surface area contributed by atoms with Gasteiger partial charge in [-0.05, 0) is 43.5 Å². The van der Waals surface area contributed by atoms with Gasteiger partial charge in [-0.1, -0.05) is 43.3 Å². The van der Waals surface area contributed by atoms with Crippen LogP contribution in [0.2, 0.25) is 0 Å². The van der Waals surface area contributed by atoms with Gasteiger partial charge in [0.25, 0.3) is 5.91 Å². The Balaban J connectivity index is 2.17. The molecule has 2 aromatic carbocycles. The van der Waals surface area contributed by atoms with Gasteiger partial charge >= 0.3 is 0 Å². The Hall–Kier alpha value is -3.02. The van der Waals surface area contributed by atoms with Gasteiger partial charge in [0.1, 0.15) is 6.04 Å². The van der Waals surface area contributed by atoms with Gasteiger partial charge in [-0.3, -0.25) is 9.59 Å². The first-order valence-corrected chi connectivity index (χ1v) is 9.85. The van der Waals surface area contributed by atoms with Crippen LogP contribution in [-0.4, -0.2) is 43.0 Å². The topological polar surface area (TPSA) is 67.9 Å². The zero-order chi connectivity index (χ0) is 21.2. The highest BCUT2D eigenvalue weighted by molar-refractivity contribution is 5.88.